The average molecular weight is 430 g/mol. The average Bonchev–Trinajstić information content (AvgIpc) is 2.48. The zero-order valence-corrected chi connectivity index (χ0v) is 14.8. The number of rotatable bonds is 5. The lowest BCUT2D eigenvalue weighted by Gasteiger charge is -2.08. The van der Waals surface area contributed by atoms with Crippen LogP contribution in [0.3, 0.4) is 0 Å². The van der Waals surface area contributed by atoms with Crippen molar-refractivity contribution in [3.63, 3.8) is 0 Å². The van der Waals surface area contributed by atoms with Crippen molar-refractivity contribution in [3.05, 3.63) is 57.7 Å². The summed E-state index contributed by atoms with van der Waals surface area (Å²) in [6, 6.07) is 13.7. The zero-order chi connectivity index (χ0) is 16.2. The van der Waals surface area contributed by atoms with Crippen LogP contribution in [0.25, 0.3) is 0 Å². The fraction of sp³-hybridized carbons (Fsp3) is 0.133. The van der Waals surface area contributed by atoms with Gasteiger partial charge in [0.1, 0.15) is 0 Å². The smallest absolute Gasteiger partial charge is 0.241 e. The van der Waals surface area contributed by atoms with Gasteiger partial charge in [-0.2, -0.15) is 0 Å². The van der Waals surface area contributed by atoms with Crippen LogP contribution in [-0.2, 0) is 14.8 Å². The number of carbonyl (C=O) groups is 1. The lowest BCUT2D eigenvalue weighted by Crippen LogP contribution is -2.32. The van der Waals surface area contributed by atoms with Gasteiger partial charge in [0.2, 0.25) is 15.9 Å². The number of halogens is 1. The van der Waals surface area contributed by atoms with E-state index in [0.717, 1.165) is 9.13 Å². The number of hydrogen-bond acceptors (Lipinski definition) is 3. The molecule has 0 spiro atoms. The summed E-state index contributed by atoms with van der Waals surface area (Å²) >= 11 is 2.16. The standard InChI is InChI=1S/C15H15IN2O3S/c1-11-2-8-14(9-3-11)22(20,21)17-10-15(19)18-13-6-4-12(16)5-7-13/h2-9,17H,10H2,1H3,(H,18,19). The van der Waals surface area contributed by atoms with Gasteiger partial charge in [-0.15, -0.1) is 0 Å². The van der Waals surface area contributed by atoms with E-state index in [2.05, 4.69) is 32.6 Å². The predicted octanol–water partition coefficient (Wildman–Crippen LogP) is 2.52. The van der Waals surface area contributed by atoms with Gasteiger partial charge in [0, 0.05) is 9.26 Å². The molecule has 2 N–H and O–H groups in total. The van der Waals surface area contributed by atoms with E-state index in [0.29, 0.717) is 5.69 Å². The van der Waals surface area contributed by atoms with Crippen molar-refractivity contribution >= 4 is 44.2 Å². The third-order valence-electron chi connectivity index (χ3n) is 2.88. The number of hydrogen-bond donors (Lipinski definition) is 2. The summed E-state index contributed by atoms with van der Waals surface area (Å²) < 4.78 is 27.4. The summed E-state index contributed by atoms with van der Waals surface area (Å²) in [6.45, 7) is 1.56. The highest BCUT2D eigenvalue weighted by molar-refractivity contribution is 14.1. The minimum atomic E-state index is -3.68. The van der Waals surface area contributed by atoms with Crippen LogP contribution in [0.1, 0.15) is 5.56 Å². The maximum atomic E-state index is 12.1. The van der Waals surface area contributed by atoms with Crippen molar-refractivity contribution in [2.45, 2.75) is 11.8 Å². The molecule has 2 aromatic rings. The minimum absolute atomic E-state index is 0.139. The van der Waals surface area contributed by atoms with Crippen LogP contribution in [0.15, 0.2) is 53.4 Å². The van der Waals surface area contributed by atoms with Gasteiger partial charge in [0.25, 0.3) is 0 Å². The van der Waals surface area contributed by atoms with Gasteiger partial charge in [0.05, 0.1) is 11.4 Å². The van der Waals surface area contributed by atoms with E-state index in [1.54, 1.807) is 24.3 Å². The van der Waals surface area contributed by atoms with E-state index in [1.807, 2.05) is 19.1 Å². The van der Waals surface area contributed by atoms with Crippen LogP contribution in [-0.4, -0.2) is 20.9 Å². The predicted molar refractivity (Wildman–Crippen MR) is 94.2 cm³/mol. The molecule has 2 aromatic carbocycles. The second-order valence-corrected chi connectivity index (χ2v) is 7.71. The molecular weight excluding hydrogens is 415 g/mol. The van der Waals surface area contributed by atoms with Crippen LogP contribution >= 0.6 is 22.6 Å². The van der Waals surface area contributed by atoms with E-state index in [9.17, 15) is 13.2 Å². The van der Waals surface area contributed by atoms with Gasteiger partial charge < -0.3 is 5.32 Å². The highest BCUT2D eigenvalue weighted by atomic mass is 127. The molecule has 1 amide bonds. The fourth-order valence-corrected chi connectivity index (χ4v) is 3.04. The number of carbonyl (C=O) groups excluding carboxylic acids is 1. The van der Waals surface area contributed by atoms with Crippen molar-refractivity contribution in [2.75, 3.05) is 11.9 Å². The summed E-state index contributed by atoms with van der Waals surface area (Å²) in [5.41, 5.74) is 1.59. The Bertz CT molecular complexity index is 756. The maximum Gasteiger partial charge on any atom is 0.241 e. The van der Waals surface area contributed by atoms with Crippen LogP contribution in [0.2, 0.25) is 0 Å². The fourth-order valence-electron chi connectivity index (χ4n) is 1.70. The Morgan fingerprint density at radius 1 is 1.05 bits per heavy atom. The lowest BCUT2D eigenvalue weighted by molar-refractivity contribution is -0.115. The van der Waals surface area contributed by atoms with Crippen LogP contribution < -0.4 is 10.0 Å². The highest BCUT2D eigenvalue weighted by Crippen LogP contribution is 2.11. The number of benzene rings is 2. The summed E-state index contributed by atoms with van der Waals surface area (Å²) in [7, 11) is -3.68. The highest BCUT2D eigenvalue weighted by Gasteiger charge is 2.15. The Kier molecular flexibility index (Phi) is 5.54. The molecular formula is C15H15IN2O3S. The molecule has 0 unspecified atom stereocenters. The molecule has 0 bridgehead atoms. The lowest BCUT2D eigenvalue weighted by atomic mass is 10.2. The number of aryl methyl sites for hydroxylation is 1. The molecule has 0 saturated carbocycles. The largest absolute Gasteiger partial charge is 0.325 e. The van der Waals surface area contributed by atoms with E-state index in [4.69, 9.17) is 0 Å². The Labute approximate surface area is 143 Å². The third kappa shape index (κ3) is 4.79. The van der Waals surface area contributed by atoms with Gasteiger partial charge in [-0.3, -0.25) is 4.79 Å². The second kappa shape index (κ2) is 7.21. The first kappa shape index (κ1) is 16.9. The summed E-state index contributed by atoms with van der Waals surface area (Å²) in [5, 5.41) is 2.63. The molecule has 0 aliphatic rings. The normalized spacial score (nSPS) is 11.2. The van der Waals surface area contributed by atoms with E-state index < -0.39 is 15.9 Å². The van der Waals surface area contributed by atoms with E-state index in [-0.39, 0.29) is 11.4 Å². The molecule has 0 aromatic heterocycles. The van der Waals surface area contributed by atoms with Crippen molar-refractivity contribution in [1.29, 1.82) is 0 Å². The SMILES string of the molecule is Cc1ccc(S(=O)(=O)NCC(=O)Nc2ccc(I)cc2)cc1. The number of anilines is 1. The van der Waals surface area contributed by atoms with Gasteiger partial charge in [-0.25, -0.2) is 13.1 Å². The van der Waals surface area contributed by atoms with Crippen molar-refractivity contribution < 1.29 is 13.2 Å². The summed E-state index contributed by atoms with van der Waals surface area (Å²) in [6.07, 6.45) is 0. The quantitative estimate of drug-likeness (QED) is 0.716. The molecule has 2 rings (SSSR count). The molecule has 0 radical (unpaired) electrons. The molecule has 0 saturated heterocycles. The molecule has 0 fully saturated rings. The van der Waals surface area contributed by atoms with Gasteiger partial charge in [-0.1, -0.05) is 17.7 Å². The molecule has 7 heteroatoms. The first-order valence-electron chi connectivity index (χ1n) is 6.48. The Balaban J connectivity index is 1.95. The van der Waals surface area contributed by atoms with Crippen molar-refractivity contribution in [3.8, 4) is 0 Å². The monoisotopic (exact) mass is 430 g/mol. The topological polar surface area (TPSA) is 75.3 Å². The minimum Gasteiger partial charge on any atom is -0.325 e. The zero-order valence-electron chi connectivity index (χ0n) is 11.8. The van der Waals surface area contributed by atoms with Crippen LogP contribution in [0.4, 0.5) is 5.69 Å². The Hall–Kier alpha value is -1.45. The van der Waals surface area contributed by atoms with Gasteiger partial charge in [0.15, 0.2) is 0 Å². The number of sulfonamides is 1. The molecule has 0 aliphatic carbocycles. The Morgan fingerprint density at radius 2 is 1.64 bits per heavy atom. The van der Waals surface area contributed by atoms with Crippen molar-refractivity contribution in [1.82, 2.24) is 4.72 Å². The van der Waals surface area contributed by atoms with Gasteiger partial charge >= 0.3 is 0 Å². The van der Waals surface area contributed by atoms with Crippen LogP contribution in [0.5, 0.6) is 0 Å². The van der Waals surface area contributed by atoms with Crippen molar-refractivity contribution in [2.24, 2.45) is 0 Å². The molecule has 0 heterocycles. The second-order valence-electron chi connectivity index (χ2n) is 4.69. The molecule has 5 nitrogen and oxygen atoms in total. The Morgan fingerprint density at radius 3 is 2.23 bits per heavy atom. The van der Waals surface area contributed by atoms with E-state index in [1.165, 1.54) is 12.1 Å². The molecule has 0 aliphatic heterocycles. The molecule has 116 valence electrons. The van der Waals surface area contributed by atoms with Crippen LogP contribution in [0, 0.1) is 10.5 Å². The summed E-state index contributed by atoms with van der Waals surface area (Å²) in [5.74, 6) is -0.420. The first-order valence-corrected chi connectivity index (χ1v) is 9.05. The first-order chi connectivity index (χ1) is 10.4. The molecule has 0 atom stereocenters. The maximum absolute atomic E-state index is 12.1. The number of amides is 1. The summed E-state index contributed by atoms with van der Waals surface area (Å²) in [4.78, 5) is 11.9. The number of nitrogens with one attached hydrogen (secondary N) is 2. The van der Waals surface area contributed by atoms with Gasteiger partial charge in [-0.05, 0) is 65.9 Å². The third-order valence-corrected chi connectivity index (χ3v) is 5.02. The molecule has 22 heavy (non-hydrogen) atoms. The van der Waals surface area contributed by atoms with E-state index >= 15 is 0 Å².